The molecule has 0 aliphatic rings. The first-order valence-corrected chi connectivity index (χ1v) is 7.52. The zero-order valence-corrected chi connectivity index (χ0v) is 12.8. The summed E-state index contributed by atoms with van der Waals surface area (Å²) in [6.45, 7) is 4.18. The monoisotopic (exact) mass is 291 g/mol. The second-order valence-electron chi connectivity index (χ2n) is 4.83. The zero-order valence-electron chi connectivity index (χ0n) is 11.2. The quantitative estimate of drug-likeness (QED) is 0.884. The van der Waals surface area contributed by atoms with Crippen molar-refractivity contribution in [3.63, 3.8) is 0 Å². The summed E-state index contributed by atoms with van der Waals surface area (Å²) in [6, 6.07) is 14.7. The topological polar surface area (TPSA) is 26.0 Å². The van der Waals surface area contributed by atoms with E-state index in [-0.39, 0.29) is 6.04 Å². The molecule has 3 heteroatoms. The molecule has 0 aromatic heterocycles. The summed E-state index contributed by atoms with van der Waals surface area (Å²) < 4.78 is 0. The second-order valence-corrected chi connectivity index (χ2v) is 6.41. The van der Waals surface area contributed by atoms with Crippen molar-refractivity contribution in [1.29, 1.82) is 0 Å². The van der Waals surface area contributed by atoms with Gasteiger partial charge in [-0.2, -0.15) is 0 Å². The van der Waals surface area contributed by atoms with Crippen molar-refractivity contribution in [3.8, 4) is 0 Å². The molecule has 0 fully saturated rings. The first-order chi connectivity index (χ1) is 9.04. The van der Waals surface area contributed by atoms with Crippen LogP contribution in [0.1, 0.15) is 18.1 Å². The molecule has 2 aromatic carbocycles. The number of halogens is 1. The molecule has 2 N–H and O–H groups in total. The Hall–Kier alpha value is -0.960. The van der Waals surface area contributed by atoms with Gasteiger partial charge >= 0.3 is 0 Å². The summed E-state index contributed by atoms with van der Waals surface area (Å²) in [7, 11) is 0. The van der Waals surface area contributed by atoms with Gasteiger partial charge in [0.15, 0.2) is 0 Å². The van der Waals surface area contributed by atoms with E-state index in [1.165, 1.54) is 20.9 Å². The Balaban J connectivity index is 2.13. The minimum absolute atomic E-state index is 0.202. The van der Waals surface area contributed by atoms with Crippen LogP contribution in [0.15, 0.2) is 52.3 Å². The van der Waals surface area contributed by atoms with Gasteiger partial charge in [-0.25, -0.2) is 0 Å². The first kappa shape index (κ1) is 14.4. The fraction of sp³-hybridized carbons (Fsp3) is 0.250. The van der Waals surface area contributed by atoms with Crippen LogP contribution < -0.4 is 5.73 Å². The highest BCUT2D eigenvalue weighted by molar-refractivity contribution is 7.99. The summed E-state index contributed by atoms with van der Waals surface area (Å²) in [5, 5.41) is 0.771. The molecule has 0 heterocycles. The van der Waals surface area contributed by atoms with Gasteiger partial charge in [0.25, 0.3) is 0 Å². The Bertz CT molecular complexity index is 549. The molecule has 0 aliphatic carbocycles. The van der Waals surface area contributed by atoms with Crippen LogP contribution in [0.4, 0.5) is 0 Å². The van der Waals surface area contributed by atoms with Crippen LogP contribution in [0, 0.1) is 6.92 Å². The molecule has 0 saturated carbocycles. The molecule has 19 heavy (non-hydrogen) atoms. The lowest BCUT2D eigenvalue weighted by Crippen LogP contribution is -2.18. The molecule has 2 aromatic rings. The lowest BCUT2D eigenvalue weighted by Gasteiger charge is -2.10. The maximum atomic E-state index is 5.89. The first-order valence-electron chi connectivity index (χ1n) is 6.33. The SMILES string of the molecule is Cc1cc(Sc2ccc(Cl)cc2)ccc1CC(C)N. The predicted octanol–water partition coefficient (Wildman–Crippen LogP) is 4.69. The van der Waals surface area contributed by atoms with Crippen LogP contribution in [-0.4, -0.2) is 6.04 Å². The number of hydrogen-bond donors (Lipinski definition) is 1. The van der Waals surface area contributed by atoms with E-state index in [0.29, 0.717) is 0 Å². The van der Waals surface area contributed by atoms with Crippen LogP contribution in [0.3, 0.4) is 0 Å². The minimum Gasteiger partial charge on any atom is -0.328 e. The Kier molecular flexibility index (Phi) is 4.92. The van der Waals surface area contributed by atoms with Crippen LogP contribution in [0.5, 0.6) is 0 Å². The standard InChI is InChI=1S/C16H18ClNS/c1-11-9-16(6-3-13(11)10-12(2)18)19-15-7-4-14(17)5-8-15/h3-9,12H,10,18H2,1-2H3. The van der Waals surface area contributed by atoms with E-state index in [9.17, 15) is 0 Å². The van der Waals surface area contributed by atoms with E-state index in [1.807, 2.05) is 31.2 Å². The van der Waals surface area contributed by atoms with Gasteiger partial charge in [0, 0.05) is 20.9 Å². The third-order valence-corrected chi connectivity index (χ3v) is 4.15. The smallest absolute Gasteiger partial charge is 0.0406 e. The summed E-state index contributed by atoms with van der Waals surface area (Å²) in [5.74, 6) is 0. The van der Waals surface area contributed by atoms with Gasteiger partial charge in [0.05, 0.1) is 0 Å². The van der Waals surface area contributed by atoms with Crippen LogP contribution >= 0.6 is 23.4 Å². The van der Waals surface area contributed by atoms with E-state index in [1.54, 1.807) is 11.8 Å². The average Bonchev–Trinajstić information content (AvgIpc) is 2.35. The Labute approximate surface area is 124 Å². The zero-order chi connectivity index (χ0) is 13.8. The molecule has 1 atom stereocenters. The molecule has 0 saturated heterocycles. The van der Waals surface area contributed by atoms with Crippen molar-refractivity contribution in [1.82, 2.24) is 0 Å². The van der Waals surface area contributed by atoms with Crippen molar-refractivity contribution >= 4 is 23.4 Å². The molecule has 0 spiro atoms. The molecule has 0 bridgehead atoms. The maximum absolute atomic E-state index is 5.89. The van der Waals surface area contributed by atoms with Gasteiger partial charge < -0.3 is 5.73 Å². The Morgan fingerprint density at radius 1 is 1.11 bits per heavy atom. The van der Waals surface area contributed by atoms with Crippen LogP contribution in [0.2, 0.25) is 5.02 Å². The van der Waals surface area contributed by atoms with Gasteiger partial charge in [-0.1, -0.05) is 29.4 Å². The number of rotatable bonds is 4. The molecule has 1 unspecified atom stereocenters. The highest BCUT2D eigenvalue weighted by atomic mass is 35.5. The van der Waals surface area contributed by atoms with E-state index in [0.717, 1.165) is 11.4 Å². The molecule has 0 aliphatic heterocycles. The number of hydrogen-bond acceptors (Lipinski definition) is 2. The van der Waals surface area contributed by atoms with Gasteiger partial charge in [-0.05, 0) is 67.8 Å². The second kappa shape index (κ2) is 6.47. The molecular formula is C16H18ClNS. The molecule has 0 radical (unpaired) electrons. The van der Waals surface area contributed by atoms with Gasteiger partial charge in [-0.15, -0.1) is 0 Å². The third kappa shape index (κ3) is 4.27. The van der Waals surface area contributed by atoms with Gasteiger partial charge in [0.2, 0.25) is 0 Å². The lowest BCUT2D eigenvalue weighted by molar-refractivity contribution is 0.734. The predicted molar refractivity (Wildman–Crippen MR) is 84.1 cm³/mol. The molecule has 100 valence electrons. The van der Waals surface area contributed by atoms with Gasteiger partial charge in [0.1, 0.15) is 0 Å². The number of nitrogens with two attached hydrogens (primary N) is 1. The Morgan fingerprint density at radius 3 is 2.32 bits per heavy atom. The van der Waals surface area contributed by atoms with E-state index in [4.69, 9.17) is 17.3 Å². The van der Waals surface area contributed by atoms with Crippen molar-refractivity contribution in [2.24, 2.45) is 5.73 Å². The van der Waals surface area contributed by atoms with Crippen molar-refractivity contribution in [2.45, 2.75) is 36.1 Å². The fourth-order valence-corrected chi connectivity index (χ4v) is 2.99. The van der Waals surface area contributed by atoms with Crippen LogP contribution in [0.25, 0.3) is 0 Å². The van der Waals surface area contributed by atoms with E-state index >= 15 is 0 Å². The minimum atomic E-state index is 0.202. The summed E-state index contributed by atoms with van der Waals surface area (Å²) in [5.41, 5.74) is 8.48. The fourth-order valence-electron chi connectivity index (χ4n) is 1.95. The molecule has 2 rings (SSSR count). The highest BCUT2D eigenvalue weighted by Gasteiger charge is 2.04. The summed E-state index contributed by atoms with van der Waals surface area (Å²) in [4.78, 5) is 2.44. The largest absolute Gasteiger partial charge is 0.328 e. The average molecular weight is 292 g/mol. The molecule has 0 amide bonds. The van der Waals surface area contributed by atoms with Crippen LogP contribution in [-0.2, 0) is 6.42 Å². The van der Waals surface area contributed by atoms with E-state index in [2.05, 4.69) is 25.1 Å². The number of aryl methyl sites for hydroxylation is 1. The summed E-state index contributed by atoms with van der Waals surface area (Å²) >= 11 is 7.64. The summed E-state index contributed by atoms with van der Waals surface area (Å²) in [6.07, 6.45) is 0.928. The number of benzene rings is 2. The normalized spacial score (nSPS) is 12.4. The van der Waals surface area contributed by atoms with Crippen molar-refractivity contribution in [3.05, 3.63) is 58.6 Å². The Morgan fingerprint density at radius 2 is 1.74 bits per heavy atom. The third-order valence-electron chi connectivity index (χ3n) is 2.91. The lowest BCUT2D eigenvalue weighted by atomic mass is 10.0. The van der Waals surface area contributed by atoms with Crippen molar-refractivity contribution < 1.29 is 0 Å². The highest BCUT2D eigenvalue weighted by Crippen LogP contribution is 2.30. The van der Waals surface area contributed by atoms with Crippen molar-refractivity contribution in [2.75, 3.05) is 0 Å². The van der Waals surface area contributed by atoms with Gasteiger partial charge in [-0.3, -0.25) is 0 Å². The molecule has 1 nitrogen and oxygen atoms in total. The molecular weight excluding hydrogens is 274 g/mol. The maximum Gasteiger partial charge on any atom is 0.0406 e. The van der Waals surface area contributed by atoms with E-state index < -0.39 is 0 Å².